The van der Waals surface area contributed by atoms with Gasteiger partial charge >= 0.3 is 5.97 Å². The van der Waals surface area contributed by atoms with E-state index in [1.807, 2.05) is 0 Å². The summed E-state index contributed by atoms with van der Waals surface area (Å²) >= 11 is 0. The van der Waals surface area contributed by atoms with Crippen molar-refractivity contribution in [2.45, 2.75) is 20.0 Å². The minimum absolute atomic E-state index is 0.285. The lowest BCUT2D eigenvalue weighted by Crippen LogP contribution is -2.18. The van der Waals surface area contributed by atoms with E-state index < -0.39 is 11.9 Å². The highest BCUT2D eigenvalue weighted by molar-refractivity contribution is 5.78. The maximum atomic E-state index is 10.7. The highest BCUT2D eigenvalue weighted by atomic mass is 16.5. The zero-order valence-electron chi connectivity index (χ0n) is 6.37. The van der Waals surface area contributed by atoms with Gasteiger partial charge in [-0.1, -0.05) is 0 Å². The fraction of sp³-hybridized carbons (Fsp3) is 0.571. The summed E-state index contributed by atoms with van der Waals surface area (Å²) in [7, 11) is 0. The second-order valence-electron chi connectivity index (χ2n) is 2.18. The van der Waals surface area contributed by atoms with E-state index in [2.05, 4.69) is 4.74 Å². The standard InChI is InChI=1S/C7H8N2O2/c1-5(2)11-7(10)6(3-8)4-9/h5-6H,1-2H3. The van der Waals surface area contributed by atoms with E-state index in [4.69, 9.17) is 10.5 Å². The first-order valence-corrected chi connectivity index (χ1v) is 3.11. The van der Waals surface area contributed by atoms with Crippen LogP contribution in [0.5, 0.6) is 0 Å². The summed E-state index contributed by atoms with van der Waals surface area (Å²) in [5.74, 6) is -2.07. The number of carbonyl (C=O) groups excluding carboxylic acids is 1. The van der Waals surface area contributed by atoms with Crippen molar-refractivity contribution in [1.82, 2.24) is 0 Å². The third-order valence-corrected chi connectivity index (χ3v) is 0.846. The van der Waals surface area contributed by atoms with Crippen molar-refractivity contribution in [3.63, 3.8) is 0 Å². The predicted molar refractivity (Wildman–Crippen MR) is 35.9 cm³/mol. The Morgan fingerprint density at radius 2 is 1.82 bits per heavy atom. The number of carbonyl (C=O) groups is 1. The Bertz CT molecular complexity index is 208. The molecule has 0 radical (unpaired) electrons. The van der Waals surface area contributed by atoms with Gasteiger partial charge in [-0.25, -0.2) is 4.79 Å². The molecule has 0 saturated carbocycles. The average molecular weight is 152 g/mol. The van der Waals surface area contributed by atoms with Crippen LogP contribution in [0.4, 0.5) is 0 Å². The van der Waals surface area contributed by atoms with Crippen LogP contribution >= 0.6 is 0 Å². The van der Waals surface area contributed by atoms with Gasteiger partial charge in [-0.2, -0.15) is 10.5 Å². The van der Waals surface area contributed by atoms with Crippen molar-refractivity contribution >= 4 is 5.97 Å². The molecule has 0 fully saturated rings. The van der Waals surface area contributed by atoms with Gasteiger partial charge in [-0.15, -0.1) is 0 Å². The Hall–Kier alpha value is -1.55. The van der Waals surface area contributed by atoms with Gasteiger partial charge in [-0.3, -0.25) is 0 Å². The third kappa shape index (κ3) is 3.22. The van der Waals surface area contributed by atoms with Crippen molar-refractivity contribution in [3.05, 3.63) is 0 Å². The van der Waals surface area contributed by atoms with Gasteiger partial charge in [0.05, 0.1) is 18.2 Å². The van der Waals surface area contributed by atoms with Gasteiger partial charge in [0.25, 0.3) is 0 Å². The minimum Gasteiger partial charge on any atom is -0.461 e. The number of nitrogens with zero attached hydrogens (tertiary/aromatic N) is 2. The Labute approximate surface area is 65.0 Å². The Balaban J connectivity index is 4.06. The third-order valence-electron chi connectivity index (χ3n) is 0.846. The molecule has 0 amide bonds. The molecule has 0 heterocycles. The molecular weight excluding hydrogens is 144 g/mol. The van der Waals surface area contributed by atoms with Crippen LogP contribution in [0.15, 0.2) is 0 Å². The summed E-state index contributed by atoms with van der Waals surface area (Å²) in [6, 6.07) is 3.04. The van der Waals surface area contributed by atoms with Gasteiger partial charge < -0.3 is 4.74 Å². The molecule has 0 bridgehead atoms. The van der Waals surface area contributed by atoms with E-state index in [1.54, 1.807) is 13.8 Å². The van der Waals surface area contributed by atoms with Crippen molar-refractivity contribution in [2.75, 3.05) is 0 Å². The molecule has 4 nitrogen and oxygen atoms in total. The lowest BCUT2D eigenvalue weighted by atomic mass is 10.2. The molecule has 0 N–H and O–H groups in total. The number of hydrogen-bond donors (Lipinski definition) is 0. The molecule has 0 atom stereocenters. The SMILES string of the molecule is CC(C)OC(=O)C(C#N)C#N. The zero-order chi connectivity index (χ0) is 8.85. The van der Waals surface area contributed by atoms with Crippen LogP contribution in [0.1, 0.15) is 13.8 Å². The fourth-order valence-electron chi connectivity index (χ4n) is 0.435. The maximum absolute atomic E-state index is 10.7. The monoisotopic (exact) mass is 152 g/mol. The van der Waals surface area contributed by atoms with E-state index in [0.29, 0.717) is 0 Å². The van der Waals surface area contributed by atoms with Crippen molar-refractivity contribution in [3.8, 4) is 12.1 Å². The largest absolute Gasteiger partial charge is 0.461 e. The smallest absolute Gasteiger partial charge is 0.338 e. The molecule has 58 valence electrons. The maximum Gasteiger partial charge on any atom is 0.338 e. The average Bonchev–Trinajstić information content (AvgIpc) is 1.88. The highest BCUT2D eigenvalue weighted by Crippen LogP contribution is 1.99. The molecule has 0 aromatic carbocycles. The summed E-state index contributed by atoms with van der Waals surface area (Å²) in [5.41, 5.74) is 0. The van der Waals surface area contributed by atoms with Crippen LogP contribution in [0.3, 0.4) is 0 Å². The first kappa shape index (κ1) is 9.45. The van der Waals surface area contributed by atoms with Crippen LogP contribution in [0.25, 0.3) is 0 Å². The molecule has 0 saturated heterocycles. The predicted octanol–water partition coefficient (Wildman–Crippen LogP) is 0.601. The summed E-state index contributed by atoms with van der Waals surface area (Å²) < 4.78 is 4.61. The minimum atomic E-state index is -1.29. The topological polar surface area (TPSA) is 73.9 Å². The van der Waals surface area contributed by atoms with Crippen LogP contribution in [-0.4, -0.2) is 12.1 Å². The van der Waals surface area contributed by atoms with Gasteiger partial charge in [0.2, 0.25) is 5.92 Å². The quantitative estimate of drug-likeness (QED) is 0.543. The molecule has 11 heavy (non-hydrogen) atoms. The molecule has 0 aromatic heterocycles. The van der Waals surface area contributed by atoms with Gasteiger partial charge in [-0.05, 0) is 13.8 Å². The van der Waals surface area contributed by atoms with E-state index in [-0.39, 0.29) is 6.10 Å². The van der Waals surface area contributed by atoms with E-state index in [0.717, 1.165) is 0 Å². The zero-order valence-corrected chi connectivity index (χ0v) is 6.37. The van der Waals surface area contributed by atoms with Crippen molar-refractivity contribution < 1.29 is 9.53 Å². The molecule has 0 aliphatic heterocycles. The van der Waals surface area contributed by atoms with Crippen LogP contribution < -0.4 is 0 Å². The molecule has 0 unspecified atom stereocenters. The Morgan fingerprint density at radius 3 is 2.09 bits per heavy atom. The van der Waals surface area contributed by atoms with Gasteiger partial charge in [0.1, 0.15) is 0 Å². The molecule has 4 heteroatoms. The van der Waals surface area contributed by atoms with E-state index in [1.165, 1.54) is 12.1 Å². The first-order chi connectivity index (χ1) is 5.11. The number of esters is 1. The van der Waals surface area contributed by atoms with Crippen molar-refractivity contribution in [1.29, 1.82) is 10.5 Å². The van der Waals surface area contributed by atoms with Gasteiger partial charge in [0.15, 0.2) is 0 Å². The van der Waals surface area contributed by atoms with Crippen LogP contribution in [0, 0.1) is 28.6 Å². The second kappa shape index (κ2) is 4.29. The summed E-state index contributed by atoms with van der Waals surface area (Å²) in [6.07, 6.45) is -0.285. The van der Waals surface area contributed by atoms with E-state index in [9.17, 15) is 4.79 Å². The lowest BCUT2D eigenvalue weighted by molar-refractivity contribution is -0.148. The number of rotatable bonds is 2. The molecule has 0 spiro atoms. The summed E-state index contributed by atoms with van der Waals surface area (Å²) in [5, 5.41) is 16.5. The molecule has 0 aromatic rings. The molecular formula is C7H8N2O2. The number of ether oxygens (including phenoxy) is 1. The number of hydrogen-bond acceptors (Lipinski definition) is 4. The van der Waals surface area contributed by atoms with Gasteiger partial charge in [0, 0.05) is 0 Å². The highest BCUT2D eigenvalue weighted by Gasteiger charge is 2.19. The lowest BCUT2D eigenvalue weighted by Gasteiger charge is -2.06. The van der Waals surface area contributed by atoms with Crippen molar-refractivity contribution in [2.24, 2.45) is 5.92 Å². The molecule has 0 aliphatic rings. The first-order valence-electron chi connectivity index (χ1n) is 3.11. The Morgan fingerprint density at radius 1 is 1.36 bits per heavy atom. The number of nitriles is 2. The summed E-state index contributed by atoms with van der Waals surface area (Å²) in [6.45, 7) is 3.31. The molecule has 0 rings (SSSR count). The summed E-state index contributed by atoms with van der Waals surface area (Å²) in [4.78, 5) is 10.7. The van der Waals surface area contributed by atoms with Crippen LogP contribution in [0.2, 0.25) is 0 Å². The van der Waals surface area contributed by atoms with Crippen LogP contribution in [-0.2, 0) is 9.53 Å². The van der Waals surface area contributed by atoms with E-state index >= 15 is 0 Å². The Kier molecular flexibility index (Phi) is 3.69. The second-order valence-corrected chi connectivity index (χ2v) is 2.18. The fourth-order valence-corrected chi connectivity index (χ4v) is 0.435. The normalized spacial score (nSPS) is 8.91. The molecule has 0 aliphatic carbocycles.